The van der Waals surface area contributed by atoms with Gasteiger partial charge < -0.3 is 9.47 Å². The van der Waals surface area contributed by atoms with Crippen LogP contribution < -0.4 is 25.6 Å². The van der Waals surface area contributed by atoms with Crippen molar-refractivity contribution < 1.29 is 19.1 Å². The smallest absolute Gasteiger partial charge is 0.279 e. The van der Waals surface area contributed by atoms with E-state index in [1.54, 1.807) is 31.2 Å². The second kappa shape index (κ2) is 12.0. The van der Waals surface area contributed by atoms with Gasteiger partial charge in [0.25, 0.3) is 11.8 Å². The number of carbonyl (C=O) groups is 2. The topological polar surface area (TPSA) is 88.7 Å². The number of ether oxygens (including phenoxy) is 2. The summed E-state index contributed by atoms with van der Waals surface area (Å²) in [6, 6.07) is 20.3. The van der Waals surface area contributed by atoms with E-state index in [9.17, 15) is 9.59 Å². The van der Waals surface area contributed by atoms with Crippen LogP contribution in [0.25, 0.3) is 10.8 Å². The molecule has 7 nitrogen and oxygen atoms in total. The molecule has 0 aliphatic heterocycles. The molecule has 178 valence electrons. The summed E-state index contributed by atoms with van der Waals surface area (Å²) in [5.41, 5.74) is 5.38. The van der Waals surface area contributed by atoms with Gasteiger partial charge in [-0.25, -0.2) is 0 Å². The summed E-state index contributed by atoms with van der Waals surface area (Å²) in [5.74, 6) is 0.866. The lowest BCUT2D eigenvalue weighted by Gasteiger charge is -2.16. The zero-order chi connectivity index (χ0) is 24.5. The van der Waals surface area contributed by atoms with Crippen molar-refractivity contribution in [3.05, 3.63) is 72.3 Å². The summed E-state index contributed by atoms with van der Waals surface area (Å²) < 4.78 is 11.4. The van der Waals surface area contributed by atoms with Crippen LogP contribution in [0.4, 0.5) is 0 Å². The van der Waals surface area contributed by atoms with Crippen molar-refractivity contribution in [2.75, 3.05) is 6.61 Å². The summed E-state index contributed by atoms with van der Waals surface area (Å²) in [5, 5.41) is 4.60. The Balaban J connectivity index is 1.46. The zero-order valence-corrected chi connectivity index (χ0v) is 20.3. The molecule has 0 bridgehead atoms. The van der Waals surface area contributed by atoms with E-state index in [0.717, 1.165) is 17.2 Å². The van der Waals surface area contributed by atoms with Gasteiger partial charge in [0, 0.05) is 5.56 Å². The van der Waals surface area contributed by atoms with Crippen molar-refractivity contribution in [1.82, 2.24) is 16.2 Å². The second-order valence-corrected chi connectivity index (χ2v) is 8.63. The lowest BCUT2D eigenvalue weighted by molar-refractivity contribution is -0.127. The van der Waals surface area contributed by atoms with Crippen molar-refractivity contribution >= 4 is 39.9 Å². The van der Waals surface area contributed by atoms with Gasteiger partial charge in [0.05, 0.1) is 6.61 Å². The monoisotopic (exact) mass is 479 g/mol. The van der Waals surface area contributed by atoms with Crippen LogP contribution in [0.2, 0.25) is 0 Å². The quantitative estimate of drug-likeness (QED) is 0.329. The van der Waals surface area contributed by atoms with Crippen molar-refractivity contribution in [2.45, 2.75) is 33.3 Å². The van der Waals surface area contributed by atoms with E-state index in [0.29, 0.717) is 29.6 Å². The zero-order valence-electron chi connectivity index (χ0n) is 19.5. The summed E-state index contributed by atoms with van der Waals surface area (Å²) in [6.45, 7) is 6.44. The maximum Gasteiger partial charge on any atom is 0.279 e. The molecule has 3 aromatic carbocycles. The third-order valence-electron chi connectivity index (χ3n) is 4.99. The maximum absolute atomic E-state index is 12.5. The van der Waals surface area contributed by atoms with Gasteiger partial charge in [0.2, 0.25) is 0 Å². The van der Waals surface area contributed by atoms with Crippen LogP contribution in [-0.2, 0) is 4.79 Å². The number of hydrazine groups is 1. The van der Waals surface area contributed by atoms with Gasteiger partial charge in [-0.3, -0.25) is 25.8 Å². The molecule has 0 spiro atoms. The molecule has 0 aliphatic rings. The lowest BCUT2D eigenvalue weighted by atomic mass is 10.1. The Morgan fingerprint density at radius 1 is 0.882 bits per heavy atom. The Kier molecular flexibility index (Phi) is 8.81. The van der Waals surface area contributed by atoms with E-state index in [1.165, 1.54) is 0 Å². The molecule has 0 saturated heterocycles. The molecule has 0 fully saturated rings. The number of amides is 2. The van der Waals surface area contributed by atoms with E-state index in [1.807, 2.05) is 42.5 Å². The SMILES string of the molecule is CC(C)CCOc1cccc(C(=O)NC(=S)NNC(=O)C(C)Oc2ccc3ccccc3c2)c1. The molecule has 1 unspecified atom stereocenters. The molecular weight excluding hydrogens is 450 g/mol. The Hall–Kier alpha value is -3.65. The standard InChI is InChI=1S/C26H29N3O4S/c1-17(2)13-14-32-22-10-6-9-21(16-22)25(31)27-26(34)29-28-24(30)18(3)33-23-12-11-19-7-4-5-8-20(19)15-23/h4-12,15-18H,13-14H2,1-3H3,(H,28,30)(H2,27,29,31,34). The van der Waals surface area contributed by atoms with Crippen LogP contribution in [0.1, 0.15) is 37.6 Å². The second-order valence-electron chi connectivity index (χ2n) is 8.23. The van der Waals surface area contributed by atoms with E-state index < -0.39 is 17.9 Å². The fraction of sp³-hybridized carbons (Fsp3) is 0.269. The van der Waals surface area contributed by atoms with Gasteiger partial charge in [0.15, 0.2) is 11.2 Å². The number of hydrogen-bond donors (Lipinski definition) is 3. The molecule has 3 N–H and O–H groups in total. The van der Waals surface area contributed by atoms with Crippen molar-refractivity contribution in [3.63, 3.8) is 0 Å². The first-order chi connectivity index (χ1) is 16.3. The first-order valence-electron chi connectivity index (χ1n) is 11.1. The molecule has 0 radical (unpaired) electrons. The number of thiocarbonyl (C=S) groups is 1. The largest absolute Gasteiger partial charge is 0.494 e. The molecule has 3 aromatic rings. The minimum atomic E-state index is -0.785. The average molecular weight is 480 g/mol. The third kappa shape index (κ3) is 7.45. The van der Waals surface area contributed by atoms with Crippen LogP contribution in [0.15, 0.2) is 66.7 Å². The predicted molar refractivity (Wildman–Crippen MR) is 137 cm³/mol. The highest BCUT2D eigenvalue weighted by molar-refractivity contribution is 7.80. The van der Waals surface area contributed by atoms with Crippen LogP contribution >= 0.6 is 12.2 Å². The molecule has 0 heterocycles. The minimum Gasteiger partial charge on any atom is -0.494 e. The van der Waals surface area contributed by atoms with Gasteiger partial charge in [-0.05, 0) is 72.6 Å². The number of fused-ring (bicyclic) bond motifs is 1. The average Bonchev–Trinajstić information content (AvgIpc) is 2.82. The molecular formula is C26H29N3O4S. The molecule has 3 rings (SSSR count). The molecule has 0 saturated carbocycles. The van der Waals surface area contributed by atoms with Gasteiger partial charge in [-0.15, -0.1) is 0 Å². The highest BCUT2D eigenvalue weighted by Gasteiger charge is 2.16. The van der Waals surface area contributed by atoms with E-state index >= 15 is 0 Å². The highest BCUT2D eigenvalue weighted by Crippen LogP contribution is 2.21. The fourth-order valence-electron chi connectivity index (χ4n) is 3.06. The Bertz CT molecular complexity index is 1170. The van der Waals surface area contributed by atoms with Crippen molar-refractivity contribution in [1.29, 1.82) is 0 Å². The Labute approximate surface area is 204 Å². The minimum absolute atomic E-state index is 0.0395. The molecule has 34 heavy (non-hydrogen) atoms. The molecule has 8 heteroatoms. The summed E-state index contributed by atoms with van der Waals surface area (Å²) in [6.07, 6.45) is 0.138. The summed E-state index contributed by atoms with van der Waals surface area (Å²) in [4.78, 5) is 24.9. The molecule has 0 aromatic heterocycles. The number of rotatable bonds is 8. The highest BCUT2D eigenvalue weighted by atomic mass is 32.1. The van der Waals surface area contributed by atoms with Gasteiger partial charge >= 0.3 is 0 Å². The van der Waals surface area contributed by atoms with E-state index in [4.69, 9.17) is 21.7 Å². The van der Waals surface area contributed by atoms with Crippen molar-refractivity contribution in [3.8, 4) is 11.5 Å². The van der Waals surface area contributed by atoms with Crippen LogP contribution in [0.3, 0.4) is 0 Å². The molecule has 0 aliphatic carbocycles. The molecule has 1 atom stereocenters. The number of benzene rings is 3. The number of nitrogens with one attached hydrogen (secondary N) is 3. The third-order valence-corrected chi connectivity index (χ3v) is 5.19. The Morgan fingerprint density at radius 3 is 2.41 bits per heavy atom. The van der Waals surface area contributed by atoms with E-state index in [2.05, 4.69) is 30.0 Å². The van der Waals surface area contributed by atoms with Crippen molar-refractivity contribution in [2.24, 2.45) is 5.92 Å². The van der Waals surface area contributed by atoms with Gasteiger partial charge in [-0.2, -0.15) is 0 Å². The van der Waals surface area contributed by atoms with Gasteiger partial charge in [0.1, 0.15) is 11.5 Å². The van der Waals surface area contributed by atoms with Crippen LogP contribution in [-0.4, -0.2) is 29.6 Å². The normalized spacial score (nSPS) is 11.5. The van der Waals surface area contributed by atoms with E-state index in [-0.39, 0.29) is 5.11 Å². The fourth-order valence-corrected chi connectivity index (χ4v) is 3.21. The number of carbonyl (C=O) groups excluding carboxylic acids is 2. The lowest BCUT2D eigenvalue weighted by Crippen LogP contribution is -2.51. The van der Waals surface area contributed by atoms with Crippen LogP contribution in [0, 0.1) is 5.92 Å². The summed E-state index contributed by atoms with van der Waals surface area (Å²) in [7, 11) is 0. The first-order valence-corrected chi connectivity index (χ1v) is 11.5. The van der Waals surface area contributed by atoms with Crippen LogP contribution in [0.5, 0.6) is 11.5 Å². The summed E-state index contributed by atoms with van der Waals surface area (Å²) >= 11 is 5.12. The predicted octanol–water partition coefficient (Wildman–Crippen LogP) is 4.37. The first kappa shape index (κ1) is 25.0. The number of hydrogen-bond acceptors (Lipinski definition) is 5. The Morgan fingerprint density at radius 2 is 1.65 bits per heavy atom. The molecule has 2 amide bonds. The van der Waals surface area contributed by atoms with Gasteiger partial charge in [-0.1, -0.05) is 50.2 Å². The maximum atomic E-state index is 12.5.